The summed E-state index contributed by atoms with van der Waals surface area (Å²) in [6, 6.07) is 3.78. The summed E-state index contributed by atoms with van der Waals surface area (Å²) in [5, 5.41) is 0. The summed E-state index contributed by atoms with van der Waals surface area (Å²) in [6.45, 7) is 6.09. The lowest BCUT2D eigenvalue weighted by molar-refractivity contribution is 0.251. The van der Waals surface area contributed by atoms with Gasteiger partial charge in [-0.1, -0.05) is 6.07 Å². The van der Waals surface area contributed by atoms with Crippen LogP contribution in [0.1, 0.15) is 22.9 Å². The minimum absolute atomic E-state index is 0.310. The molecule has 0 spiro atoms. The van der Waals surface area contributed by atoms with Gasteiger partial charge in [0, 0.05) is 12.3 Å². The molecule has 0 aliphatic carbocycles. The second kappa shape index (κ2) is 4.35. The van der Waals surface area contributed by atoms with Crippen LogP contribution in [0.2, 0.25) is 0 Å². The number of hydrogen-bond donors (Lipinski definition) is 0. The predicted molar refractivity (Wildman–Crippen MR) is 59.3 cm³/mol. The van der Waals surface area contributed by atoms with Gasteiger partial charge in [-0.05, 0) is 26.3 Å². The third-order valence-corrected chi connectivity index (χ3v) is 2.30. The van der Waals surface area contributed by atoms with Gasteiger partial charge in [0.25, 0.3) is 0 Å². The predicted octanol–water partition coefficient (Wildman–Crippen LogP) is 2.57. The Bertz CT molecular complexity index is 455. The molecule has 0 fully saturated rings. The fraction of sp³-hybridized carbons (Fsp3) is 0.333. The molecule has 0 aromatic carbocycles. The van der Waals surface area contributed by atoms with Crippen molar-refractivity contribution in [2.24, 2.45) is 0 Å². The highest BCUT2D eigenvalue weighted by Gasteiger charge is 2.06. The Morgan fingerprint density at radius 1 is 1.25 bits per heavy atom. The lowest BCUT2D eigenvalue weighted by Gasteiger charge is -2.01. The molecule has 4 heteroatoms. The summed E-state index contributed by atoms with van der Waals surface area (Å²) in [6.07, 6.45) is 1.77. The molecule has 0 bridgehead atoms. The Kier molecular flexibility index (Phi) is 2.90. The van der Waals surface area contributed by atoms with Crippen molar-refractivity contribution in [3.63, 3.8) is 0 Å². The van der Waals surface area contributed by atoms with Crippen LogP contribution in [0, 0.1) is 20.8 Å². The van der Waals surface area contributed by atoms with E-state index in [0.29, 0.717) is 18.4 Å². The third kappa shape index (κ3) is 2.39. The largest absolute Gasteiger partial charge is 0.468 e. The molecular weight excluding hydrogens is 204 g/mol. The highest BCUT2D eigenvalue weighted by atomic mass is 16.5. The number of aryl methyl sites for hydroxylation is 3. The van der Waals surface area contributed by atoms with Gasteiger partial charge < -0.3 is 9.15 Å². The van der Waals surface area contributed by atoms with Crippen LogP contribution in [0.3, 0.4) is 0 Å². The van der Waals surface area contributed by atoms with Gasteiger partial charge in [-0.2, -0.15) is 0 Å². The van der Waals surface area contributed by atoms with Gasteiger partial charge in [0.2, 0.25) is 11.8 Å². The normalized spacial score (nSPS) is 10.4. The van der Waals surface area contributed by atoms with Crippen LogP contribution in [-0.4, -0.2) is 9.97 Å². The highest BCUT2D eigenvalue weighted by Crippen LogP contribution is 2.12. The van der Waals surface area contributed by atoms with Crippen LogP contribution < -0.4 is 4.74 Å². The van der Waals surface area contributed by atoms with Crippen molar-refractivity contribution in [3.8, 4) is 5.88 Å². The molecule has 2 aromatic heterocycles. The van der Waals surface area contributed by atoms with Crippen molar-refractivity contribution < 1.29 is 9.15 Å². The van der Waals surface area contributed by atoms with E-state index < -0.39 is 0 Å². The van der Waals surface area contributed by atoms with E-state index in [1.165, 1.54) is 0 Å². The molecule has 0 amide bonds. The molecule has 2 rings (SSSR count). The number of pyridine rings is 1. The van der Waals surface area contributed by atoms with E-state index in [1.807, 2.05) is 32.9 Å². The maximum Gasteiger partial charge on any atom is 0.232 e. The van der Waals surface area contributed by atoms with Crippen molar-refractivity contribution in [1.82, 2.24) is 9.97 Å². The van der Waals surface area contributed by atoms with Crippen LogP contribution in [0.5, 0.6) is 5.88 Å². The zero-order valence-corrected chi connectivity index (χ0v) is 9.65. The number of aromatic nitrogens is 2. The van der Waals surface area contributed by atoms with E-state index in [2.05, 4.69) is 9.97 Å². The first kappa shape index (κ1) is 10.7. The second-order valence-corrected chi connectivity index (χ2v) is 3.71. The minimum Gasteiger partial charge on any atom is -0.468 e. The highest BCUT2D eigenvalue weighted by molar-refractivity contribution is 5.16. The van der Waals surface area contributed by atoms with Crippen LogP contribution in [-0.2, 0) is 6.61 Å². The van der Waals surface area contributed by atoms with Crippen LogP contribution in [0.25, 0.3) is 0 Å². The van der Waals surface area contributed by atoms with Gasteiger partial charge >= 0.3 is 0 Å². The Balaban J connectivity index is 1.99. The summed E-state index contributed by atoms with van der Waals surface area (Å²) in [5.74, 6) is 1.99. The zero-order chi connectivity index (χ0) is 11.5. The van der Waals surface area contributed by atoms with E-state index >= 15 is 0 Å². The fourth-order valence-corrected chi connectivity index (χ4v) is 1.28. The van der Waals surface area contributed by atoms with Crippen molar-refractivity contribution in [3.05, 3.63) is 41.2 Å². The molecule has 2 aromatic rings. The van der Waals surface area contributed by atoms with Gasteiger partial charge in [-0.15, -0.1) is 0 Å². The summed E-state index contributed by atoms with van der Waals surface area (Å²) < 4.78 is 10.8. The van der Waals surface area contributed by atoms with E-state index in [9.17, 15) is 0 Å². The number of rotatable bonds is 3. The average molecular weight is 218 g/mol. The Morgan fingerprint density at radius 2 is 2.06 bits per heavy atom. The molecule has 0 N–H and O–H groups in total. The quantitative estimate of drug-likeness (QED) is 0.794. The Hall–Kier alpha value is -1.84. The van der Waals surface area contributed by atoms with Gasteiger partial charge in [-0.3, -0.25) is 0 Å². The average Bonchev–Trinajstić information content (AvgIpc) is 2.58. The fourth-order valence-electron chi connectivity index (χ4n) is 1.28. The molecule has 0 atom stereocenters. The lowest BCUT2D eigenvalue weighted by Crippen LogP contribution is -1.97. The first-order valence-corrected chi connectivity index (χ1v) is 5.13. The maximum atomic E-state index is 5.45. The van der Waals surface area contributed by atoms with E-state index in [1.54, 1.807) is 6.20 Å². The SMILES string of the molecule is Cc1ccc(OCc2nc(C)c(C)o2)nc1. The molecule has 0 radical (unpaired) electrons. The van der Waals surface area contributed by atoms with Crippen LogP contribution in [0.15, 0.2) is 22.7 Å². The number of nitrogens with zero attached hydrogens (tertiary/aromatic N) is 2. The molecule has 16 heavy (non-hydrogen) atoms. The topological polar surface area (TPSA) is 48.2 Å². The molecule has 0 saturated heterocycles. The first-order valence-electron chi connectivity index (χ1n) is 5.13. The second-order valence-electron chi connectivity index (χ2n) is 3.71. The molecule has 84 valence electrons. The summed E-state index contributed by atoms with van der Waals surface area (Å²) in [7, 11) is 0. The van der Waals surface area contributed by atoms with Crippen molar-refractivity contribution in [2.45, 2.75) is 27.4 Å². The minimum atomic E-state index is 0.310. The van der Waals surface area contributed by atoms with E-state index in [0.717, 1.165) is 17.0 Å². The van der Waals surface area contributed by atoms with Crippen molar-refractivity contribution >= 4 is 0 Å². The molecular formula is C12H14N2O2. The monoisotopic (exact) mass is 218 g/mol. The Labute approximate surface area is 94.3 Å². The van der Waals surface area contributed by atoms with Crippen molar-refractivity contribution in [1.29, 1.82) is 0 Å². The molecule has 4 nitrogen and oxygen atoms in total. The molecule has 0 aliphatic rings. The van der Waals surface area contributed by atoms with Gasteiger partial charge in [0.1, 0.15) is 5.76 Å². The van der Waals surface area contributed by atoms with E-state index in [4.69, 9.17) is 9.15 Å². The number of ether oxygens (including phenoxy) is 1. The zero-order valence-electron chi connectivity index (χ0n) is 9.65. The van der Waals surface area contributed by atoms with Crippen molar-refractivity contribution in [2.75, 3.05) is 0 Å². The van der Waals surface area contributed by atoms with Crippen LogP contribution >= 0.6 is 0 Å². The molecule has 0 aliphatic heterocycles. The van der Waals surface area contributed by atoms with Gasteiger partial charge in [0.05, 0.1) is 5.69 Å². The van der Waals surface area contributed by atoms with Gasteiger partial charge in [-0.25, -0.2) is 9.97 Å². The standard InChI is InChI=1S/C12H14N2O2/c1-8-4-5-11(13-6-8)15-7-12-14-9(2)10(3)16-12/h4-6H,7H2,1-3H3. The number of oxazole rings is 1. The van der Waals surface area contributed by atoms with Crippen LogP contribution in [0.4, 0.5) is 0 Å². The first-order chi connectivity index (χ1) is 7.65. The number of hydrogen-bond acceptors (Lipinski definition) is 4. The van der Waals surface area contributed by atoms with Gasteiger partial charge in [0.15, 0.2) is 6.61 Å². The molecule has 0 unspecified atom stereocenters. The molecule has 2 heterocycles. The molecule has 0 saturated carbocycles. The van der Waals surface area contributed by atoms with E-state index in [-0.39, 0.29) is 0 Å². The Morgan fingerprint density at radius 3 is 2.62 bits per heavy atom. The smallest absolute Gasteiger partial charge is 0.232 e. The summed E-state index contributed by atoms with van der Waals surface area (Å²) >= 11 is 0. The maximum absolute atomic E-state index is 5.45. The summed E-state index contributed by atoms with van der Waals surface area (Å²) in [5.41, 5.74) is 2.01. The third-order valence-electron chi connectivity index (χ3n) is 2.30. The summed E-state index contributed by atoms with van der Waals surface area (Å²) in [4.78, 5) is 8.35. The lowest BCUT2D eigenvalue weighted by atomic mass is 10.3.